The quantitative estimate of drug-likeness (QED) is 0.269. The topological polar surface area (TPSA) is 79.6 Å². The molecule has 19 heavy (non-hydrogen) atoms. The molecule has 0 fully saturated rings. The van der Waals surface area contributed by atoms with Crippen molar-refractivity contribution in [1.29, 1.82) is 0 Å². The Morgan fingerprint density at radius 1 is 1.53 bits per heavy atom. The van der Waals surface area contributed by atoms with E-state index in [4.69, 9.17) is 0 Å². The first-order valence-corrected chi connectivity index (χ1v) is 6.03. The zero-order valence-corrected chi connectivity index (χ0v) is 10.9. The second-order valence-corrected chi connectivity index (χ2v) is 3.79. The van der Waals surface area contributed by atoms with Crippen molar-refractivity contribution >= 4 is 11.6 Å². The van der Waals surface area contributed by atoms with Crippen LogP contribution in [-0.2, 0) is 6.54 Å². The lowest BCUT2D eigenvalue weighted by Crippen LogP contribution is -2.37. The molecule has 0 saturated heterocycles. The first kappa shape index (κ1) is 14.7. The Morgan fingerprint density at radius 3 is 2.95 bits per heavy atom. The van der Waals surface area contributed by atoms with Crippen molar-refractivity contribution < 1.29 is 4.92 Å². The molecule has 0 radical (unpaired) electrons. The van der Waals surface area contributed by atoms with Crippen molar-refractivity contribution in [2.45, 2.75) is 13.5 Å². The predicted molar refractivity (Wildman–Crippen MR) is 76.1 cm³/mol. The normalized spacial score (nSPS) is 10.9. The summed E-state index contributed by atoms with van der Waals surface area (Å²) in [5.74, 6) is 0.661. The van der Waals surface area contributed by atoms with E-state index in [9.17, 15) is 10.1 Å². The molecule has 0 aliphatic rings. The van der Waals surface area contributed by atoms with Crippen molar-refractivity contribution in [3.05, 3.63) is 52.6 Å². The lowest BCUT2D eigenvalue weighted by molar-refractivity contribution is -0.384. The highest BCUT2D eigenvalue weighted by molar-refractivity contribution is 5.79. The van der Waals surface area contributed by atoms with Gasteiger partial charge in [0.2, 0.25) is 0 Å². The van der Waals surface area contributed by atoms with Crippen LogP contribution in [0.3, 0.4) is 0 Å². The van der Waals surface area contributed by atoms with Gasteiger partial charge < -0.3 is 10.6 Å². The van der Waals surface area contributed by atoms with Gasteiger partial charge in [0.25, 0.3) is 5.69 Å². The van der Waals surface area contributed by atoms with Crippen molar-refractivity contribution in [3.8, 4) is 0 Å². The van der Waals surface area contributed by atoms with Gasteiger partial charge in [-0.2, -0.15) is 0 Å². The Morgan fingerprint density at radius 2 is 2.32 bits per heavy atom. The molecule has 6 heteroatoms. The number of nitro groups is 1. The van der Waals surface area contributed by atoms with E-state index in [0.29, 0.717) is 19.0 Å². The highest BCUT2D eigenvalue weighted by atomic mass is 16.6. The number of rotatable bonds is 6. The van der Waals surface area contributed by atoms with Crippen LogP contribution in [0.2, 0.25) is 0 Å². The smallest absolute Gasteiger partial charge is 0.269 e. The molecule has 0 heterocycles. The number of nitrogens with zero attached hydrogens (tertiary/aromatic N) is 2. The summed E-state index contributed by atoms with van der Waals surface area (Å²) in [4.78, 5) is 14.6. The molecule has 0 unspecified atom stereocenters. The minimum atomic E-state index is -0.408. The van der Waals surface area contributed by atoms with Crippen molar-refractivity contribution in [1.82, 2.24) is 10.6 Å². The summed E-state index contributed by atoms with van der Waals surface area (Å²) >= 11 is 0. The van der Waals surface area contributed by atoms with E-state index in [2.05, 4.69) is 22.2 Å². The van der Waals surface area contributed by atoms with Gasteiger partial charge in [-0.25, -0.2) is 4.99 Å². The van der Waals surface area contributed by atoms with E-state index >= 15 is 0 Å². The van der Waals surface area contributed by atoms with E-state index in [1.807, 2.05) is 13.0 Å². The van der Waals surface area contributed by atoms with Gasteiger partial charge in [0.1, 0.15) is 0 Å². The molecule has 1 aromatic rings. The Bertz CT molecular complexity index is 471. The van der Waals surface area contributed by atoms with Gasteiger partial charge in [-0.15, -0.1) is 6.58 Å². The highest BCUT2D eigenvalue weighted by Crippen LogP contribution is 2.13. The highest BCUT2D eigenvalue weighted by Gasteiger charge is 2.05. The molecule has 0 aliphatic carbocycles. The van der Waals surface area contributed by atoms with Gasteiger partial charge in [0.15, 0.2) is 5.96 Å². The third-order valence-corrected chi connectivity index (χ3v) is 2.30. The fourth-order valence-corrected chi connectivity index (χ4v) is 1.45. The van der Waals surface area contributed by atoms with Gasteiger partial charge in [-0.3, -0.25) is 10.1 Å². The maximum Gasteiger partial charge on any atom is 0.269 e. The first-order valence-electron chi connectivity index (χ1n) is 6.03. The summed E-state index contributed by atoms with van der Waals surface area (Å²) in [6.07, 6.45) is 1.74. The van der Waals surface area contributed by atoms with Gasteiger partial charge >= 0.3 is 0 Å². The minimum Gasteiger partial charge on any atom is -0.357 e. The van der Waals surface area contributed by atoms with Crippen LogP contribution < -0.4 is 10.6 Å². The van der Waals surface area contributed by atoms with Crippen LogP contribution in [0.4, 0.5) is 5.69 Å². The van der Waals surface area contributed by atoms with Crippen LogP contribution in [0.1, 0.15) is 12.5 Å². The molecule has 2 N–H and O–H groups in total. The van der Waals surface area contributed by atoms with Crippen LogP contribution in [0, 0.1) is 10.1 Å². The minimum absolute atomic E-state index is 0.0803. The second-order valence-electron chi connectivity index (χ2n) is 3.79. The Hall–Kier alpha value is -2.37. The molecule has 0 aromatic heterocycles. The molecule has 0 atom stereocenters. The van der Waals surface area contributed by atoms with Gasteiger partial charge in [-0.05, 0) is 12.5 Å². The standard InChI is InChI=1S/C13H18N4O2/c1-3-8-15-13(14-4-2)16-10-11-6-5-7-12(9-11)17(18)19/h3,5-7,9H,1,4,8,10H2,2H3,(H2,14,15,16). The Labute approximate surface area is 112 Å². The van der Waals surface area contributed by atoms with Gasteiger partial charge in [-0.1, -0.05) is 18.2 Å². The largest absolute Gasteiger partial charge is 0.357 e. The van der Waals surface area contributed by atoms with E-state index in [1.54, 1.807) is 12.1 Å². The summed E-state index contributed by atoms with van der Waals surface area (Å²) in [5.41, 5.74) is 0.877. The summed E-state index contributed by atoms with van der Waals surface area (Å²) in [5, 5.41) is 16.8. The summed E-state index contributed by atoms with van der Waals surface area (Å²) in [6, 6.07) is 6.47. The molecule has 1 rings (SSSR count). The number of benzene rings is 1. The summed E-state index contributed by atoms with van der Waals surface area (Å²) in [7, 11) is 0. The molecule has 102 valence electrons. The molecule has 6 nitrogen and oxygen atoms in total. The van der Waals surface area contributed by atoms with E-state index in [0.717, 1.165) is 12.1 Å². The average molecular weight is 262 g/mol. The molecule has 0 bridgehead atoms. The Balaban J connectivity index is 2.73. The SMILES string of the molecule is C=CCNC(=NCc1cccc([N+](=O)[O-])c1)NCC. The van der Waals surface area contributed by atoms with Crippen LogP contribution in [0.25, 0.3) is 0 Å². The number of aliphatic imine (C=N–C) groups is 1. The molecule has 1 aromatic carbocycles. The molecule has 0 spiro atoms. The third kappa shape index (κ3) is 5.20. The number of hydrogen-bond donors (Lipinski definition) is 2. The fraction of sp³-hybridized carbons (Fsp3) is 0.308. The van der Waals surface area contributed by atoms with E-state index in [-0.39, 0.29) is 5.69 Å². The van der Waals surface area contributed by atoms with Gasteiger partial charge in [0.05, 0.1) is 11.5 Å². The van der Waals surface area contributed by atoms with Crippen LogP contribution in [0.15, 0.2) is 41.9 Å². The van der Waals surface area contributed by atoms with Crippen LogP contribution >= 0.6 is 0 Å². The molecule has 0 saturated carbocycles. The van der Waals surface area contributed by atoms with E-state index in [1.165, 1.54) is 12.1 Å². The molecular formula is C13H18N4O2. The number of nitro benzene ring substituents is 1. The number of hydrogen-bond acceptors (Lipinski definition) is 3. The summed E-state index contributed by atoms with van der Waals surface area (Å²) in [6.45, 7) is 7.34. The van der Waals surface area contributed by atoms with Gasteiger partial charge in [0, 0.05) is 25.2 Å². The second kappa shape index (κ2) is 7.86. The van der Waals surface area contributed by atoms with Crippen molar-refractivity contribution in [2.24, 2.45) is 4.99 Å². The number of guanidine groups is 1. The lowest BCUT2D eigenvalue weighted by Gasteiger charge is -2.09. The van der Waals surface area contributed by atoms with Crippen molar-refractivity contribution in [2.75, 3.05) is 13.1 Å². The Kier molecular flexibility index (Phi) is 6.08. The van der Waals surface area contributed by atoms with Crippen LogP contribution in [0.5, 0.6) is 0 Å². The average Bonchev–Trinajstić information content (AvgIpc) is 2.42. The number of nitrogens with one attached hydrogen (secondary N) is 2. The molecule has 0 aliphatic heterocycles. The third-order valence-electron chi connectivity index (χ3n) is 2.30. The molecule has 0 amide bonds. The maximum absolute atomic E-state index is 10.7. The first-order chi connectivity index (χ1) is 9.17. The monoisotopic (exact) mass is 262 g/mol. The predicted octanol–water partition coefficient (Wildman–Crippen LogP) is 1.84. The summed E-state index contributed by atoms with van der Waals surface area (Å²) < 4.78 is 0. The molecular weight excluding hydrogens is 244 g/mol. The van der Waals surface area contributed by atoms with Crippen LogP contribution in [-0.4, -0.2) is 24.0 Å². The zero-order valence-electron chi connectivity index (χ0n) is 10.9. The number of non-ortho nitro benzene ring substituents is 1. The maximum atomic E-state index is 10.7. The lowest BCUT2D eigenvalue weighted by atomic mass is 10.2. The zero-order chi connectivity index (χ0) is 14.1. The van der Waals surface area contributed by atoms with Crippen molar-refractivity contribution in [3.63, 3.8) is 0 Å². The van der Waals surface area contributed by atoms with E-state index < -0.39 is 4.92 Å². The fourth-order valence-electron chi connectivity index (χ4n) is 1.45.